The summed E-state index contributed by atoms with van der Waals surface area (Å²) in [5, 5.41) is 12.6. The number of halogens is 1. The van der Waals surface area contributed by atoms with E-state index in [1.54, 1.807) is 12.1 Å². The summed E-state index contributed by atoms with van der Waals surface area (Å²) in [4.78, 5) is 12.0. The fourth-order valence-corrected chi connectivity index (χ4v) is 2.93. The van der Waals surface area contributed by atoms with Gasteiger partial charge in [-0.05, 0) is 77.8 Å². The SMILES string of the molecule is O=C(NCC1(C2CC2)CC1)c1ccc(I)c(O)c1. The van der Waals surface area contributed by atoms with Gasteiger partial charge in [0.1, 0.15) is 5.75 Å². The number of carbonyl (C=O) groups is 1. The first-order chi connectivity index (χ1) is 8.61. The first kappa shape index (κ1) is 12.3. The van der Waals surface area contributed by atoms with Crippen LogP contribution in [-0.2, 0) is 0 Å². The van der Waals surface area contributed by atoms with E-state index in [-0.39, 0.29) is 11.7 Å². The molecule has 2 fully saturated rings. The molecule has 18 heavy (non-hydrogen) atoms. The van der Waals surface area contributed by atoms with Crippen molar-refractivity contribution < 1.29 is 9.90 Å². The molecule has 0 heterocycles. The zero-order chi connectivity index (χ0) is 12.8. The van der Waals surface area contributed by atoms with Crippen LogP contribution >= 0.6 is 22.6 Å². The Bertz CT molecular complexity index is 493. The number of rotatable bonds is 4. The molecule has 0 spiro atoms. The van der Waals surface area contributed by atoms with Crippen molar-refractivity contribution in [2.75, 3.05) is 6.54 Å². The van der Waals surface area contributed by atoms with Crippen molar-refractivity contribution in [3.8, 4) is 5.75 Å². The lowest BCUT2D eigenvalue weighted by atomic mass is 10.0. The van der Waals surface area contributed by atoms with Crippen molar-refractivity contribution in [1.82, 2.24) is 5.32 Å². The van der Waals surface area contributed by atoms with E-state index in [2.05, 4.69) is 5.32 Å². The number of phenolic OH excluding ortho intramolecular Hbond substituents is 1. The molecule has 1 amide bonds. The zero-order valence-corrected chi connectivity index (χ0v) is 12.2. The highest BCUT2D eigenvalue weighted by Crippen LogP contribution is 2.60. The number of phenols is 1. The Labute approximate surface area is 120 Å². The van der Waals surface area contributed by atoms with Gasteiger partial charge in [0.15, 0.2) is 0 Å². The Morgan fingerprint density at radius 3 is 2.72 bits per heavy atom. The number of aromatic hydroxyl groups is 1. The summed E-state index contributed by atoms with van der Waals surface area (Å²) in [6, 6.07) is 5.06. The number of carbonyl (C=O) groups excluding carboxylic acids is 1. The highest BCUT2D eigenvalue weighted by atomic mass is 127. The number of hydrogen-bond donors (Lipinski definition) is 2. The van der Waals surface area contributed by atoms with Gasteiger partial charge in [0.25, 0.3) is 5.91 Å². The second kappa shape index (κ2) is 4.40. The van der Waals surface area contributed by atoms with Gasteiger partial charge in [0.05, 0.1) is 3.57 Å². The van der Waals surface area contributed by atoms with E-state index in [9.17, 15) is 9.90 Å². The Morgan fingerprint density at radius 1 is 1.44 bits per heavy atom. The van der Waals surface area contributed by atoms with Gasteiger partial charge in [-0.3, -0.25) is 4.79 Å². The van der Waals surface area contributed by atoms with Crippen LogP contribution in [-0.4, -0.2) is 17.6 Å². The predicted octanol–water partition coefficient (Wildman–Crippen LogP) is 2.92. The highest BCUT2D eigenvalue weighted by molar-refractivity contribution is 14.1. The largest absolute Gasteiger partial charge is 0.507 e. The number of nitrogens with one attached hydrogen (secondary N) is 1. The van der Waals surface area contributed by atoms with Crippen LogP contribution in [0.15, 0.2) is 18.2 Å². The third kappa shape index (κ3) is 2.35. The van der Waals surface area contributed by atoms with E-state index in [0.29, 0.717) is 11.0 Å². The van der Waals surface area contributed by atoms with Crippen LogP contribution in [0.3, 0.4) is 0 Å². The lowest BCUT2D eigenvalue weighted by molar-refractivity contribution is 0.0942. The molecular weight excluding hydrogens is 341 g/mol. The standard InChI is InChI=1S/C14H16INO2/c15-11-4-1-9(7-12(11)17)13(18)16-8-14(5-6-14)10-2-3-10/h1,4,7,10,17H,2-3,5-6,8H2,(H,16,18). The quantitative estimate of drug-likeness (QED) is 0.815. The molecule has 0 unspecified atom stereocenters. The molecule has 2 saturated carbocycles. The van der Waals surface area contributed by atoms with E-state index in [1.165, 1.54) is 31.7 Å². The average Bonchev–Trinajstić information content (AvgIpc) is 3.22. The van der Waals surface area contributed by atoms with Gasteiger partial charge in [-0.1, -0.05) is 0 Å². The molecule has 1 aromatic rings. The van der Waals surface area contributed by atoms with Gasteiger partial charge >= 0.3 is 0 Å². The first-order valence-corrected chi connectivity index (χ1v) is 7.45. The monoisotopic (exact) mass is 357 g/mol. The second-order valence-electron chi connectivity index (χ2n) is 5.49. The summed E-state index contributed by atoms with van der Waals surface area (Å²) in [7, 11) is 0. The van der Waals surface area contributed by atoms with Crippen molar-refractivity contribution in [2.24, 2.45) is 11.3 Å². The summed E-state index contributed by atoms with van der Waals surface area (Å²) in [6.07, 6.45) is 5.19. The zero-order valence-electron chi connectivity index (χ0n) is 10.1. The maximum atomic E-state index is 12.0. The van der Waals surface area contributed by atoms with Crippen LogP contribution in [0.4, 0.5) is 0 Å². The van der Waals surface area contributed by atoms with Gasteiger partial charge in [-0.15, -0.1) is 0 Å². The fourth-order valence-electron chi connectivity index (χ4n) is 2.60. The normalized spacial score (nSPS) is 20.5. The molecule has 0 saturated heterocycles. The molecule has 3 rings (SSSR count). The summed E-state index contributed by atoms with van der Waals surface area (Å²) in [5.74, 6) is 0.947. The van der Waals surface area contributed by atoms with Crippen molar-refractivity contribution in [3.63, 3.8) is 0 Å². The first-order valence-electron chi connectivity index (χ1n) is 6.37. The Hall–Kier alpha value is -0.780. The van der Waals surface area contributed by atoms with Crippen molar-refractivity contribution in [2.45, 2.75) is 25.7 Å². The lowest BCUT2D eigenvalue weighted by Crippen LogP contribution is -2.31. The Morgan fingerprint density at radius 2 is 2.17 bits per heavy atom. The van der Waals surface area contributed by atoms with Crippen LogP contribution in [0.1, 0.15) is 36.0 Å². The van der Waals surface area contributed by atoms with Crippen LogP contribution in [0.5, 0.6) is 5.75 Å². The topological polar surface area (TPSA) is 49.3 Å². The molecule has 0 aliphatic heterocycles. The Balaban J connectivity index is 1.62. The summed E-state index contributed by atoms with van der Waals surface area (Å²) in [6.45, 7) is 0.795. The predicted molar refractivity (Wildman–Crippen MR) is 77.5 cm³/mol. The van der Waals surface area contributed by atoms with Crippen molar-refractivity contribution in [1.29, 1.82) is 0 Å². The minimum atomic E-state index is -0.0753. The van der Waals surface area contributed by atoms with Gasteiger partial charge in [-0.2, -0.15) is 0 Å². The van der Waals surface area contributed by atoms with Crippen LogP contribution in [0, 0.1) is 14.9 Å². The van der Waals surface area contributed by atoms with E-state index in [4.69, 9.17) is 0 Å². The van der Waals surface area contributed by atoms with E-state index in [1.807, 2.05) is 22.6 Å². The van der Waals surface area contributed by atoms with Gasteiger partial charge in [-0.25, -0.2) is 0 Å². The molecule has 0 atom stereocenters. The molecule has 0 radical (unpaired) electrons. The van der Waals surface area contributed by atoms with E-state index in [0.717, 1.165) is 16.0 Å². The smallest absolute Gasteiger partial charge is 0.251 e. The number of amides is 1. The van der Waals surface area contributed by atoms with Crippen molar-refractivity contribution in [3.05, 3.63) is 27.3 Å². The summed E-state index contributed by atoms with van der Waals surface area (Å²) < 4.78 is 0.765. The highest BCUT2D eigenvalue weighted by Gasteiger charge is 2.53. The second-order valence-corrected chi connectivity index (χ2v) is 6.65. The number of benzene rings is 1. The van der Waals surface area contributed by atoms with E-state index < -0.39 is 0 Å². The molecule has 2 N–H and O–H groups in total. The lowest BCUT2D eigenvalue weighted by Gasteiger charge is -2.15. The molecule has 96 valence electrons. The maximum absolute atomic E-state index is 12.0. The molecule has 2 aliphatic rings. The van der Waals surface area contributed by atoms with Crippen molar-refractivity contribution >= 4 is 28.5 Å². The molecule has 4 heteroatoms. The van der Waals surface area contributed by atoms with Crippen LogP contribution < -0.4 is 5.32 Å². The molecule has 0 aromatic heterocycles. The average molecular weight is 357 g/mol. The third-order valence-electron chi connectivity index (χ3n) is 4.14. The summed E-state index contributed by atoms with van der Waals surface area (Å²) >= 11 is 2.04. The molecule has 0 bridgehead atoms. The molecule has 1 aromatic carbocycles. The third-order valence-corrected chi connectivity index (χ3v) is 5.06. The summed E-state index contributed by atoms with van der Waals surface area (Å²) in [5.41, 5.74) is 0.959. The van der Waals surface area contributed by atoms with Crippen LogP contribution in [0.2, 0.25) is 0 Å². The minimum absolute atomic E-state index is 0.0753. The molecular formula is C14H16INO2. The Kier molecular flexibility index (Phi) is 3.00. The maximum Gasteiger partial charge on any atom is 0.251 e. The minimum Gasteiger partial charge on any atom is -0.507 e. The van der Waals surface area contributed by atoms with Gasteiger partial charge < -0.3 is 10.4 Å². The molecule has 2 aliphatic carbocycles. The fraction of sp³-hybridized carbons (Fsp3) is 0.500. The molecule has 3 nitrogen and oxygen atoms in total. The van der Waals surface area contributed by atoms with Gasteiger partial charge in [0, 0.05) is 12.1 Å². The van der Waals surface area contributed by atoms with Crippen LogP contribution in [0.25, 0.3) is 0 Å². The van der Waals surface area contributed by atoms with Gasteiger partial charge in [0.2, 0.25) is 0 Å². The number of hydrogen-bond acceptors (Lipinski definition) is 2. The van der Waals surface area contributed by atoms with E-state index >= 15 is 0 Å².